The Hall–Kier alpha value is -4.53. The fraction of sp³-hybridized carbons (Fsp3) is 0.250. The molecule has 3 aromatic heterocycles. The van der Waals surface area contributed by atoms with Crippen molar-refractivity contribution in [3.05, 3.63) is 98.7 Å². The predicted molar refractivity (Wildman–Crippen MR) is 154 cm³/mol. The Morgan fingerprint density at radius 2 is 1.68 bits per heavy atom. The van der Waals surface area contributed by atoms with E-state index < -0.39 is 41.7 Å². The normalized spacial score (nSPS) is 12.1. The van der Waals surface area contributed by atoms with Crippen molar-refractivity contribution in [3.63, 3.8) is 0 Å². The number of allylic oxidation sites excluding steroid dienone is 2. The van der Waals surface area contributed by atoms with Gasteiger partial charge in [0.1, 0.15) is 6.54 Å². The van der Waals surface area contributed by atoms with Crippen LogP contribution in [0.3, 0.4) is 0 Å². The van der Waals surface area contributed by atoms with Crippen molar-refractivity contribution >= 4 is 23.5 Å². The molecule has 0 aliphatic rings. The summed E-state index contributed by atoms with van der Waals surface area (Å²) in [5.41, 5.74) is -2.33. The minimum atomic E-state index is -4.99. The van der Waals surface area contributed by atoms with Gasteiger partial charge in [-0.15, -0.1) is 13.2 Å². The van der Waals surface area contributed by atoms with Gasteiger partial charge in [-0.1, -0.05) is 36.7 Å². The van der Waals surface area contributed by atoms with Crippen molar-refractivity contribution < 1.29 is 30.7 Å². The maximum Gasteiger partial charge on any atom is 0.436 e. The number of rotatable bonds is 5. The molecule has 44 heavy (non-hydrogen) atoms. The second-order valence-corrected chi connectivity index (χ2v) is 9.18. The van der Waals surface area contributed by atoms with Gasteiger partial charge in [0.05, 0.1) is 5.56 Å². The van der Waals surface area contributed by atoms with Gasteiger partial charge in [0.15, 0.2) is 17.2 Å². The third-order valence-electron chi connectivity index (χ3n) is 5.55. The van der Waals surface area contributed by atoms with E-state index in [-0.39, 0.29) is 22.3 Å². The van der Waals surface area contributed by atoms with Crippen molar-refractivity contribution in [2.45, 2.75) is 32.6 Å². The van der Waals surface area contributed by atoms with Crippen LogP contribution in [-0.4, -0.2) is 43.3 Å². The van der Waals surface area contributed by atoms with E-state index >= 15 is 0 Å². The van der Waals surface area contributed by atoms with Crippen LogP contribution in [-0.2, 0) is 13.2 Å². The van der Waals surface area contributed by atoms with Gasteiger partial charge in [-0.05, 0) is 42.7 Å². The van der Waals surface area contributed by atoms with Crippen molar-refractivity contribution in [2.75, 3.05) is 6.54 Å². The number of nitrogens with one attached hydrogen (secondary N) is 1. The zero-order valence-electron chi connectivity index (χ0n) is 23.5. The number of hydrogen-bond acceptors (Lipinski definition) is 5. The Labute approximate surface area is 250 Å². The number of fused-ring (bicyclic) bond motifs is 1. The lowest BCUT2D eigenvalue weighted by atomic mass is 9.97. The van der Waals surface area contributed by atoms with Gasteiger partial charge in [-0.25, -0.2) is 23.9 Å². The van der Waals surface area contributed by atoms with Gasteiger partial charge >= 0.3 is 18.0 Å². The molecule has 0 aliphatic heterocycles. The fourth-order valence-corrected chi connectivity index (χ4v) is 3.94. The molecule has 236 valence electrons. The monoisotopic (exact) mass is 646 g/mol. The first kappa shape index (κ1) is 35.7. The fourth-order valence-electron chi connectivity index (χ4n) is 3.81. The van der Waals surface area contributed by atoms with E-state index in [1.54, 1.807) is 6.92 Å². The highest BCUT2D eigenvalue weighted by Gasteiger charge is 2.36. The van der Waals surface area contributed by atoms with E-state index in [0.29, 0.717) is 16.7 Å². The van der Waals surface area contributed by atoms with Crippen LogP contribution < -0.4 is 11.2 Å². The summed E-state index contributed by atoms with van der Waals surface area (Å²) < 4.78 is 89.5. The Morgan fingerprint density at radius 3 is 2.20 bits per heavy atom. The van der Waals surface area contributed by atoms with Crippen molar-refractivity contribution in [2.24, 2.45) is 12.0 Å². The molecule has 0 spiro atoms. The van der Waals surface area contributed by atoms with Gasteiger partial charge in [0.2, 0.25) is 0 Å². The molecule has 1 aromatic carbocycles. The molecule has 4 aromatic rings. The lowest BCUT2D eigenvalue weighted by Gasteiger charge is -2.14. The summed E-state index contributed by atoms with van der Waals surface area (Å²) in [5.74, 6) is -1.63. The second-order valence-electron chi connectivity index (χ2n) is 8.74. The number of aromatic amines is 1. The number of aliphatic imine (C=N–C) groups is 1. The molecule has 0 atom stereocenters. The molecule has 0 unspecified atom stereocenters. The molecule has 0 amide bonds. The van der Waals surface area contributed by atoms with Gasteiger partial charge in [0, 0.05) is 35.6 Å². The first-order valence-corrected chi connectivity index (χ1v) is 12.9. The topological polar surface area (TPSA) is 97.4 Å². The Morgan fingerprint density at radius 1 is 1.07 bits per heavy atom. The summed E-state index contributed by atoms with van der Waals surface area (Å²) in [7, 11) is 1.32. The maximum atomic E-state index is 14.2. The lowest BCUT2D eigenvalue weighted by molar-refractivity contribution is -0.143. The van der Waals surface area contributed by atoms with Gasteiger partial charge in [0.25, 0.3) is 5.56 Å². The third-order valence-corrected chi connectivity index (χ3v) is 5.81. The highest BCUT2D eigenvalue weighted by molar-refractivity contribution is 6.30. The molecular weight excluding hydrogens is 621 g/mol. The maximum absolute atomic E-state index is 14.2. The Kier molecular flexibility index (Phi) is 12.0. The van der Waals surface area contributed by atoms with Crippen LogP contribution in [0, 0.1) is 5.82 Å². The number of alkyl halides is 6. The summed E-state index contributed by atoms with van der Waals surface area (Å²) in [6.45, 7) is 8.55. The highest BCUT2D eigenvalue weighted by atomic mass is 35.5. The van der Waals surface area contributed by atoms with Crippen molar-refractivity contribution in [3.8, 4) is 22.3 Å². The first-order valence-electron chi connectivity index (χ1n) is 12.5. The number of nitrogens with zero attached hydrogens (tertiary/aromatic N) is 5. The van der Waals surface area contributed by atoms with Crippen LogP contribution >= 0.6 is 11.6 Å². The molecule has 0 saturated heterocycles. The molecular formula is C28H26ClF7N6O2. The molecule has 0 saturated carbocycles. The summed E-state index contributed by atoms with van der Waals surface area (Å²) in [4.78, 5) is 31.6. The molecule has 0 aliphatic carbocycles. The van der Waals surface area contributed by atoms with Gasteiger partial charge < -0.3 is 0 Å². The highest BCUT2D eigenvalue weighted by Crippen LogP contribution is 2.35. The van der Waals surface area contributed by atoms with E-state index in [4.69, 9.17) is 11.6 Å². The minimum Gasteiger partial charge on any atom is -0.283 e. The SMILES string of the molecule is C=C.CC/C=C(/C)C=NCC(F)(F)F.Cn1c(=O)c(-c2ccc(Cl)cc2)c(-c2cnc(C(F)(F)F)c(F)c2)c2n[nH]c(=O)n21. The Balaban J connectivity index is 0.000000409. The van der Waals surface area contributed by atoms with E-state index in [1.807, 2.05) is 13.0 Å². The number of pyridine rings is 1. The van der Waals surface area contributed by atoms with E-state index in [9.17, 15) is 40.3 Å². The average Bonchev–Trinajstić information content (AvgIpc) is 3.32. The van der Waals surface area contributed by atoms with Gasteiger partial charge in [-0.3, -0.25) is 9.79 Å². The number of benzene rings is 1. The lowest BCUT2D eigenvalue weighted by Crippen LogP contribution is -2.31. The smallest absolute Gasteiger partial charge is 0.283 e. The predicted octanol–water partition coefficient (Wildman–Crippen LogP) is 7.04. The molecule has 0 bridgehead atoms. The van der Waals surface area contributed by atoms with Crippen LogP contribution in [0.15, 0.2) is 75.9 Å². The quantitative estimate of drug-likeness (QED) is 0.143. The van der Waals surface area contributed by atoms with E-state index in [1.165, 1.54) is 37.5 Å². The third kappa shape index (κ3) is 8.75. The summed E-state index contributed by atoms with van der Waals surface area (Å²) in [6.07, 6.45) is -4.53. The average molecular weight is 647 g/mol. The van der Waals surface area contributed by atoms with Crippen LogP contribution in [0.4, 0.5) is 30.7 Å². The molecule has 4 rings (SSSR count). The zero-order chi connectivity index (χ0) is 33.4. The van der Waals surface area contributed by atoms with Crippen molar-refractivity contribution in [1.82, 2.24) is 24.4 Å². The number of H-pyrrole nitrogens is 1. The second kappa shape index (κ2) is 14.8. The molecule has 16 heteroatoms. The van der Waals surface area contributed by atoms with Crippen LogP contribution in [0.5, 0.6) is 0 Å². The van der Waals surface area contributed by atoms with Crippen LogP contribution in [0.2, 0.25) is 5.02 Å². The number of halogens is 8. The van der Waals surface area contributed by atoms with E-state index in [0.717, 1.165) is 27.4 Å². The molecule has 1 N–H and O–H groups in total. The van der Waals surface area contributed by atoms with E-state index in [2.05, 4.69) is 33.3 Å². The zero-order valence-corrected chi connectivity index (χ0v) is 24.3. The van der Waals surface area contributed by atoms with Crippen LogP contribution in [0.1, 0.15) is 26.0 Å². The molecule has 0 radical (unpaired) electrons. The Bertz CT molecular complexity index is 1770. The standard InChI is InChI=1S/C18H10ClF4N5O2.C8H12F3N.C2H4/c1-27-16(29)13(8-2-4-10(19)5-3-8)12(15-25-26-17(30)28(15)27)9-6-11(20)14(24-7-9)18(21,22)23;1-3-4-7(2)5-12-6-8(9,10)11;1-2/h2-7H,1H3,(H,26,30);4-5H,3,6H2,1-2H3;1-2H2/b;7-4-,12-5?;. The minimum absolute atomic E-state index is 0.0124. The molecule has 8 nitrogen and oxygen atoms in total. The number of aryl methyl sites for hydroxylation is 1. The van der Waals surface area contributed by atoms with Crippen LogP contribution in [0.25, 0.3) is 27.9 Å². The summed E-state index contributed by atoms with van der Waals surface area (Å²) in [5, 5.41) is 6.43. The molecule has 3 heterocycles. The summed E-state index contributed by atoms with van der Waals surface area (Å²) >= 11 is 5.89. The summed E-state index contributed by atoms with van der Waals surface area (Å²) in [6, 6.07) is 6.64. The van der Waals surface area contributed by atoms with Gasteiger partial charge in [-0.2, -0.15) is 36.0 Å². The first-order chi connectivity index (χ1) is 20.5. The number of hydrogen-bond donors (Lipinski definition) is 1. The van der Waals surface area contributed by atoms with Crippen molar-refractivity contribution in [1.29, 1.82) is 0 Å². The number of aromatic nitrogens is 5. The molecule has 0 fully saturated rings. The largest absolute Gasteiger partial charge is 0.436 e.